The fourth-order valence-electron chi connectivity index (χ4n) is 3.57. The summed E-state index contributed by atoms with van der Waals surface area (Å²) < 4.78 is 7.24. The summed E-state index contributed by atoms with van der Waals surface area (Å²) in [6.45, 7) is 1.47. The van der Waals surface area contributed by atoms with Crippen LogP contribution in [0.15, 0.2) is 53.3 Å². The highest BCUT2D eigenvalue weighted by Crippen LogP contribution is 2.24. The number of rotatable bonds is 5. The predicted octanol–water partition coefficient (Wildman–Crippen LogP) is 3.64. The highest BCUT2D eigenvalue weighted by molar-refractivity contribution is 6.32. The molecule has 1 fully saturated rings. The number of ether oxygens (including phenoxy) is 1. The van der Waals surface area contributed by atoms with E-state index < -0.39 is 0 Å². The molecule has 2 heterocycles. The first kappa shape index (κ1) is 19.5. The molecular weight excluding hydrogens is 390 g/mol. The molecule has 1 aromatic heterocycles. The van der Waals surface area contributed by atoms with Crippen molar-refractivity contribution in [3.8, 4) is 5.75 Å². The van der Waals surface area contributed by atoms with Crippen LogP contribution in [0.3, 0.4) is 0 Å². The Bertz CT molecular complexity index is 1090. The maximum Gasteiger partial charge on any atom is 0.261 e. The molecule has 1 amide bonds. The Labute approximate surface area is 173 Å². The second-order valence-electron chi connectivity index (χ2n) is 7.10. The van der Waals surface area contributed by atoms with Crippen molar-refractivity contribution in [1.82, 2.24) is 14.5 Å². The number of likely N-dealkylation sites (tertiary alicyclic amines) is 1. The average molecular weight is 412 g/mol. The first-order valence-corrected chi connectivity index (χ1v) is 10.1. The normalized spacial score (nSPS) is 14.2. The largest absolute Gasteiger partial charge is 0.484 e. The fraction of sp³-hybridized carbons (Fsp3) is 0.318. The zero-order chi connectivity index (χ0) is 20.2. The standard InChI is InChI=1S/C22H22ClN3O3/c23-17-9-3-5-11-19(17)29-15-20-24-18-10-4-2-8-16(18)22(28)26(20)14-21(27)25-12-6-1-7-13-25/h2-5,8-11H,1,6-7,12-15H2. The summed E-state index contributed by atoms with van der Waals surface area (Å²) in [5, 5.41) is 0.965. The maximum absolute atomic E-state index is 13.1. The van der Waals surface area contributed by atoms with Gasteiger partial charge in [0.05, 0.1) is 15.9 Å². The SMILES string of the molecule is O=C(Cn1c(COc2ccccc2Cl)nc2ccccc2c1=O)N1CCCCC1. The summed E-state index contributed by atoms with van der Waals surface area (Å²) in [5.41, 5.74) is 0.343. The summed E-state index contributed by atoms with van der Waals surface area (Å²) >= 11 is 6.17. The third-order valence-corrected chi connectivity index (χ3v) is 5.45. The van der Waals surface area contributed by atoms with Gasteiger partial charge in [-0.2, -0.15) is 0 Å². The lowest BCUT2D eigenvalue weighted by atomic mass is 10.1. The van der Waals surface area contributed by atoms with Gasteiger partial charge in [-0.3, -0.25) is 14.2 Å². The van der Waals surface area contributed by atoms with Crippen molar-refractivity contribution in [2.24, 2.45) is 0 Å². The monoisotopic (exact) mass is 411 g/mol. The van der Waals surface area contributed by atoms with Crippen LogP contribution in [0.2, 0.25) is 5.02 Å². The summed E-state index contributed by atoms with van der Waals surface area (Å²) in [4.78, 5) is 32.4. The topological polar surface area (TPSA) is 64.4 Å². The molecule has 0 saturated carbocycles. The van der Waals surface area contributed by atoms with E-state index in [1.807, 2.05) is 23.1 Å². The van der Waals surface area contributed by atoms with Gasteiger partial charge < -0.3 is 9.64 Å². The minimum Gasteiger partial charge on any atom is -0.484 e. The van der Waals surface area contributed by atoms with Crippen molar-refractivity contribution in [2.45, 2.75) is 32.4 Å². The highest BCUT2D eigenvalue weighted by atomic mass is 35.5. The Morgan fingerprint density at radius 2 is 1.76 bits per heavy atom. The fourth-order valence-corrected chi connectivity index (χ4v) is 3.76. The Morgan fingerprint density at radius 1 is 1.03 bits per heavy atom. The summed E-state index contributed by atoms with van der Waals surface area (Å²) in [6.07, 6.45) is 3.14. The van der Waals surface area contributed by atoms with Gasteiger partial charge in [0, 0.05) is 13.1 Å². The molecule has 0 radical (unpaired) electrons. The minimum absolute atomic E-state index is 0.0388. The van der Waals surface area contributed by atoms with Gasteiger partial charge in [-0.05, 0) is 43.5 Å². The van der Waals surface area contributed by atoms with Crippen molar-refractivity contribution < 1.29 is 9.53 Å². The van der Waals surface area contributed by atoms with Gasteiger partial charge in [0.25, 0.3) is 5.56 Å². The van der Waals surface area contributed by atoms with Crippen LogP contribution >= 0.6 is 11.6 Å². The summed E-state index contributed by atoms with van der Waals surface area (Å²) in [5.74, 6) is 0.840. The van der Waals surface area contributed by atoms with Crippen LogP contribution in [-0.4, -0.2) is 33.4 Å². The molecule has 7 heteroatoms. The molecule has 4 rings (SSSR count). The van der Waals surface area contributed by atoms with E-state index in [0.29, 0.717) is 27.5 Å². The van der Waals surface area contributed by atoms with E-state index in [1.165, 1.54) is 4.57 Å². The molecule has 1 saturated heterocycles. The van der Waals surface area contributed by atoms with Gasteiger partial charge in [-0.25, -0.2) is 4.98 Å². The van der Waals surface area contributed by atoms with E-state index in [0.717, 1.165) is 32.4 Å². The first-order chi connectivity index (χ1) is 14.1. The molecule has 0 bridgehead atoms. The second-order valence-corrected chi connectivity index (χ2v) is 7.50. The zero-order valence-corrected chi connectivity index (χ0v) is 16.8. The number of halogens is 1. The van der Waals surface area contributed by atoms with Crippen LogP contribution in [0, 0.1) is 0 Å². The van der Waals surface area contributed by atoms with Crippen LogP contribution in [-0.2, 0) is 17.9 Å². The lowest BCUT2D eigenvalue weighted by Gasteiger charge is -2.27. The molecule has 0 unspecified atom stereocenters. The Morgan fingerprint density at radius 3 is 2.55 bits per heavy atom. The first-order valence-electron chi connectivity index (χ1n) is 9.77. The van der Waals surface area contributed by atoms with Crippen molar-refractivity contribution in [3.05, 3.63) is 69.7 Å². The molecule has 29 heavy (non-hydrogen) atoms. The maximum atomic E-state index is 13.1. The van der Waals surface area contributed by atoms with Crippen LogP contribution in [0.4, 0.5) is 0 Å². The van der Waals surface area contributed by atoms with E-state index in [2.05, 4.69) is 4.98 Å². The number of para-hydroxylation sites is 2. The molecule has 0 spiro atoms. The Hall–Kier alpha value is -2.86. The number of fused-ring (bicyclic) bond motifs is 1. The van der Waals surface area contributed by atoms with Gasteiger partial charge in [-0.15, -0.1) is 0 Å². The van der Waals surface area contributed by atoms with E-state index in [-0.39, 0.29) is 24.6 Å². The number of hydrogen-bond donors (Lipinski definition) is 0. The van der Waals surface area contributed by atoms with Gasteiger partial charge >= 0.3 is 0 Å². The third kappa shape index (κ3) is 4.27. The molecule has 0 atom stereocenters. The van der Waals surface area contributed by atoms with Crippen LogP contribution in [0.5, 0.6) is 5.75 Å². The number of aromatic nitrogens is 2. The smallest absolute Gasteiger partial charge is 0.261 e. The number of amides is 1. The van der Waals surface area contributed by atoms with Crippen molar-refractivity contribution in [1.29, 1.82) is 0 Å². The number of carbonyl (C=O) groups is 1. The summed E-state index contributed by atoms with van der Waals surface area (Å²) in [7, 11) is 0. The molecule has 3 aromatic rings. The highest BCUT2D eigenvalue weighted by Gasteiger charge is 2.20. The van der Waals surface area contributed by atoms with Crippen molar-refractivity contribution in [2.75, 3.05) is 13.1 Å². The van der Waals surface area contributed by atoms with Gasteiger partial charge in [0.2, 0.25) is 5.91 Å². The number of piperidine rings is 1. The van der Waals surface area contributed by atoms with Gasteiger partial charge in [0.15, 0.2) is 5.82 Å². The Kier molecular flexibility index (Phi) is 5.81. The molecule has 2 aromatic carbocycles. The quantitative estimate of drug-likeness (QED) is 0.643. The van der Waals surface area contributed by atoms with Crippen LogP contribution in [0.25, 0.3) is 10.9 Å². The molecule has 0 N–H and O–H groups in total. The van der Waals surface area contributed by atoms with Crippen LogP contribution in [0.1, 0.15) is 25.1 Å². The lowest BCUT2D eigenvalue weighted by molar-refractivity contribution is -0.132. The van der Waals surface area contributed by atoms with Gasteiger partial charge in [0.1, 0.15) is 18.9 Å². The number of nitrogens with zero attached hydrogens (tertiary/aromatic N) is 3. The second kappa shape index (κ2) is 8.66. The van der Waals surface area contributed by atoms with Crippen molar-refractivity contribution >= 4 is 28.4 Å². The third-order valence-electron chi connectivity index (χ3n) is 5.14. The Balaban J connectivity index is 1.67. The lowest BCUT2D eigenvalue weighted by Crippen LogP contribution is -2.40. The number of hydrogen-bond acceptors (Lipinski definition) is 4. The van der Waals surface area contributed by atoms with Crippen LogP contribution < -0.4 is 10.3 Å². The van der Waals surface area contributed by atoms with E-state index in [9.17, 15) is 9.59 Å². The molecule has 0 aliphatic carbocycles. The van der Waals surface area contributed by atoms with Crippen molar-refractivity contribution in [3.63, 3.8) is 0 Å². The van der Waals surface area contributed by atoms with E-state index in [4.69, 9.17) is 16.3 Å². The number of benzene rings is 2. The molecule has 150 valence electrons. The minimum atomic E-state index is -0.237. The average Bonchev–Trinajstić information content (AvgIpc) is 2.76. The van der Waals surface area contributed by atoms with E-state index in [1.54, 1.807) is 30.3 Å². The predicted molar refractivity (Wildman–Crippen MR) is 112 cm³/mol. The molecule has 1 aliphatic heterocycles. The summed E-state index contributed by atoms with van der Waals surface area (Å²) in [6, 6.07) is 14.3. The molecule has 1 aliphatic rings. The van der Waals surface area contributed by atoms with Gasteiger partial charge in [-0.1, -0.05) is 35.9 Å². The molecule has 6 nitrogen and oxygen atoms in total. The van der Waals surface area contributed by atoms with E-state index >= 15 is 0 Å². The number of carbonyl (C=O) groups excluding carboxylic acids is 1. The zero-order valence-electron chi connectivity index (χ0n) is 16.0. The molecular formula is C22H22ClN3O3.